The van der Waals surface area contributed by atoms with Crippen LogP contribution in [0.2, 0.25) is 10.0 Å². The lowest BCUT2D eigenvalue weighted by Gasteiger charge is -2.28. The molecule has 1 fully saturated rings. The molecule has 106 valence electrons. The van der Waals surface area contributed by atoms with Crippen LogP contribution in [0.15, 0.2) is 18.2 Å². The van der Waals surface area contributed by atoms with Crippen LogP contribution in [0, 0.1) is 0 Å². The summed E-state index contributed by atoms with van der Waals surface area (Å²) in [6.07, 6.45) is 6.46. The molecule has 0 spiro atoms. The molecule has 2 rings (SSSR count). The van der Waals surface area contributed by atoms with Crippen molar-refractivity contribution in [3.8, 4) is 0 Å². The quantitative estimate of drug-likeness (QED) is 0.889. The van der Waals surface area contributed by atoms with Crippen molar-refractivity contribution in [2.24, 2.45) is 0 Å². The average molecular weight is 303 g/mol. The number of nitrogens with two attached hydrogens (primary N) is 1. The van der Waals surface area contributed by atoms with Crippen LogP contribution < -0.4 is 5.32 Å². The Balaban J connectivity index is 1.82. The number of halogens is 2. The first kappa shape index (κ1) is 15.1. The number of hydrogen-bond acceptors (Lipinski definition) is 1. The van der Waals surface area contributed by atoms with Crippen molar-refractivity contribution in [3.05, 3.63) is 33.8 Å². The largest absolute Gasteiger partial charge is 0.375 e. The molecule has 0 aliphatic heterocycles. The summed E-state index contributed by atoms with van der Waals surface area (Å²) in [6.45, 7) is 1.05. The molecule has 2 nitrogen and oxygen atoms in total. The van der Waals surface area contributed by atoms with Crippen molar-refractivity contribution in [1.29, 1.82) is 0 Å². The van der Waals surface area contributed by atoms with Gasteiger partial charge in [0.05, 0.1) is 6.54 Å². The van der Waals surface area contributed by atoms with Crippen LogP contribution in [-0.2, 0) is 11.2 Å². The van der Waals surface area contributed by atoms with Gasteiger partial charge in [-0.2, -0.15) is 0 Å². The molecule has 1 aliphatic rings. The first-order valence-corrected chi connectivity index (χ1v) is 7.76. The Kier molecular flexibility index (Phi) is 5.96. The normalized spacial score (nSPS) is 23.5. The number of hydrogen-bond donors (Lipinski definition) is 1. The summed E-state index contributed by atoms with van der Waals surface area (Å²) in [6, 6.07) is 6.34. The second kappa shape index (κ2) is 7.49. The van der Waals surface area contributed by atoms with Crippen molar-refractivity contribution in [1.82, 2.24) is 0 Å². The van der Waals surface area contributed by atoms with Gasteiger partial charge in [0.1, 0.15) is 12.1 Å². The van der Waals surface area contributed by atoms with Gasteiger partial charge in [-0.15, -0.1) is 0 Å². The molecule has 4 heteroatoms. The van der Waals surface area contributed by atoms with Gasteiger partial charge in [0.2, 0.25) is 0 Å². The highest BCUT2D eigenvalue weighted by Crippen LogP contribution is 2.21. The first-order chi connectivity index (χ1) is 9.20. The molecule has 0 heterocycles. The molecule has 0 aromatic heterocycles. The van der Waals surface area contributed by atoms with Gasteiger partial charge in [-0.1, -0.05) is 35.7 Å². The van der Waals surface area contributed by atoms with Crippen molar-refractivity contribution in [2.45, 2.75) is 44.2 Å². The van der Waals surface area contributed by atoms with Gasteiger partial charge in [0.15, 0.2) is 0 Å². The lowest BCUT2D eigenvalue weighted by Crippen LogP contribution is -2.93. The van der Waals surface area contributed by atoms with Crippen LogP contribution in [0.25, 0.3) is 0 Å². The van der Waals surface area contributed by atoms with Gasteiger partial charge in [0.25, 0.3) is 0 Å². The molecule has 1 aliphatic carbocycles. The monoisotopic (exact) mass is 302 g/mol. The molecule has 2 atom stereocenters. The second-order valence-electron chi connectivity index (χ2n) is 5.23. The number of methoxy groups -OCH3 is 1. The highest BCUT2D eigenvalue weighted by molar-refractivity contribution is 6.35. The maximum atomic E-state index is 6.18. The first-order valence-electron chi connectivity index (χ1n) is 7.00. The van der Waals surface area contributed by atoms with Crippen molar-refractivity contribution in [3.63, 3.8) is 0 Å². The van der Waals surface area contributed by atoms with Crippen LogP contribution in [0.4, 0.5) is 0 Å². The Morgan fingerprint density at radius 2 is 2.05 bits per heavy atom. The Labute approximate surface area is 125 Å². The van der Waals surface area contributed by atoms with E-state index >= 15 is 0 Å². The maximum Gasteiger partial charge on any atom is 0.112 e. The fraction of sp³-hybridized carbons (Fsp3) is 0.600. The van der Waals surface area contributed by atoms with E-state index in [0.717, 1.165) is 18.0 Å². The molecule has 0 radical (unpaired) electrons. The Morgan fingerprint density at radius 1 is 1.26 bits per heavy atom. The van der Waals surface area contributed by atoms with E-state index < -0.39 is 0 Å². The van der Waals surface area contributed by atoms with Gasteiger partial charge < -0.3 is 10.1 Å². The second-order valence-corrected chi connectivity index (χ2v) is 6.08. The molecule has 19 heavy (non-hydrogen) atoms. The van der Waals surface area contributed by atoms with Gasteiger partial charge in [-0.25, -0.2) is 0 Å². The summed E-state index contributed by atoms with van der Waals surface area (Å²) >= 11 is 12.1. The van der Waals surface area contributed by atoms with Crippen LogP contribution in [0.1, 0.15) is 31.2 Å². The van der Waals surface area contributed by atoms with Crippen LogP contribution in [-0.4, -0.2) is 25.8 Å². The minimum Gasteiger partial charge on any atom is -0.375 e. The predicted molar refractivity (Wildman–Crippen MR) is 80.0 cm³/mol. The minimum absolute atomic E-state index is 0.412. The molecular formula is C15H22Cl2NO+. The summed E-state index contributed by atoms with van der Waals surface area (Å²) in [4.78, 5) is 0. The third-order valence-corrected chi connectivity index (χ3v) is 4.54. The Hall–Kier alpha value is -0.280. The van der Waals surface area contributed by atoms with Crippen molar-refractivity contribution in [2.75, 3.05) is 13.7 Å². The van der Waals surface area contributed by atoms with Gasteiger partial charge in [-0.05, 0) is 30.5 Å². The molecule has 0 bridgehead atoms. The summed E-state index contributed by atoms with van der Waals surface area (Å²) in [5.74, 6) is 0. The highest BCUT2D eigenvalue weighted by atomic mass is 35.5. The summed E-state index contributed by atoms with van der Waals surface area (Å²) < 4.78 is 5.57. The van der Waals surface area contributed by atoms with Gasteiger partial charge in [-0.3, -0.25) is 0 Å². The number of quaternary nitrogens is 1. The molecule has 1 saturated carbocycles. The topological polar surface area (TPSA) is 25.8 Å². The zero-order valence-corrected chi connectivity index (χ0v) is 12.9. The molecule has 2 N–H and O–H groups in total. The molecule has 0 unspecified atom stereocenters. The van der Waals surface area contributed by atoms with Crippen molar-refractivity contribution >= 4 is 23.2 Å². The smallest absolute Gasteiger partial charge is 0.112 e. The lowest BCUT2D eigenvalue weighted by molar-refractivity contribution is -0.698. The van der Waals surface area contributed by atoms with Crippen LogP contribution in [0.3, 0.4) is 0 Å². The summed E-state index contributed by atoms with van der Waals surface area (Å²) in [7, 11) is 1.83. The number of rotatable bonds is 5. The zero-order chi connectivity index (χ0) is 13.7. The summed E-state index contributed by atoms with van der Waals surface area (Å²) in [5, 5.41) is 3.88. The van der Waals surface area contributed by atoms with E-state index in [2.05, 4.69) is 5.32 Å². The van der Waals surface area contributed by atoms with E-state index in [1.165, 1.54) is 31.2 Å². The maximum absolute atomic E-state index is 6.18. The highest BCUT2D eigenvalue weighted by Gasteiger charge is 2.27. The molecule has 0 amide bonds. The van der Waals surface area contributed by atoms with E-state index in [1.54, 1.807) is 0 Å². The third kappa shape index (κ3) is 4.35. The van der Waals surface area contributed by atoms with E-state index in [4.69, 9.17) is 27.9 Å². The van der Waals surface area contributed by atoms with Crippen LogP contribution >= 0.6 is 23.2 Å². The number of ether oxygens (including phenoxy) is 1. The fourth-order valence-electron chi connectivity index (χ4n) is 2.87. The zero-order valence-electron chi connectivity index (χ0n) is 11.4. The molecular weight excluding hydrogens is 281 g/mol. The Morgan fingerprint density at radius 3 is 2.79 bits per heavy atom. The average Bonchev–Trinajstić information content (AvgIpc) is 2.42. The lowest BCUT2D eigenvalue weighted by atomic mass is 9.92. The molecule has 0 saturated heterocycles. The van der Waals surface area contributed by atoms with E-state index in [-0.39, 0.29) is 0 Å². The van der Waals surface area contributed by atoms with Crippen LogP contribution in [0.5, 0.6) is 0 Å². The number of benzene rings is 1. The van der Waals surface area contributed by atoms with Crippen molar-refractivity contribution < 1.29 is 10.1 Å². The third-order valence-electron chi connectivity index (χ3n) is 3.95. The Bertz CT molecular complexity index is 411. The molecule has 1 aromatic carbocycles. The van der Waals surface area contributed by atoms with Gasteiger partial charge in [0, 0.05) is 30.0 Å². The minimum atomic E-state index is 0.412. The SMILES string of the molecule is CO[C@H]1CCCC[C@H]1[NH2+]CCc1ccc(Cl)cc1Cl. The van der Waals surface area contributed by atoms with E-state index in [0.29, 0.717) is 17.2 Å². The summed E-state index contributed by atoms with van der Waals surface area (Å²) in [5.41, 5.74) is 1.17. The fourth-order valence-corrected chi connectivity index (χ4v) is 3.37. The van der Waals surface area contributed by atoms with Gasteiger partial charge >= 0.3 is 0 Å². The van der Waals surface area contributed by atoms with E-state index in [9.17, 15) is 0 Å². The van der Waals surface area contributed by atoms with E-state index in [1.807, 2.05) is 25.3 Å². The molecule has 1 aromatic rings. The standard InChI is InChI=1S/C15H21Cl2NO/c1-19-15-5-3-2-4-14(15)18-9-8-11-6-7-12(16)10-13(11)17/h6-7,10,14-15,18H,2-5,8-9H2,1H3/p+1/t14-,15+/m1/s1. The predicted octanol–water partition coefficient (Wildman–Crippen LogP) is 3.06.